The van der Waals surface area contributed by atoms with Crippen LogP contribution in [-0.2, 0) is 15.8 Å². The summed E-state index contributed by atoms with van der Waals surface area (Å²) >= 11 is 0. The van der Waals surface area contributed by atoms with Gasteiger partial charge in [-0.1, -0.05) is 30.3 Å². The summed E-state index contributed by atoms with van der Waals surface area (Å²) in [5.41, 5.74) is 1.07. The molecule has 0 heterocycles. The molecule has 0 bridgehead atoms. The van der Waals surface area contributed by atoms with Crippen molar-refractivity contribution >= 4 is 116 Å². The van der Waals surface area contributed by atoms with Crippen LogP contribution in [0.1, 0.15) is 12.0 Å². The van der Waals surface area contributed by atoms with Gasteiger partial charge in [-0.25, -0.2) is 0 Å². The molecule has 0 atom stereocenters. The molecule has 0 aromatic heterocycles. The average molecular weight is 444 g/mol. The summed E-state index contributed by atoms with van der Waals surface area (Å²) in [5, 5.41) is 0. The van der Waals surface area contributed by atoms with Crippen LogP contribution in [0.25, 0.3) is 0 Å². The van der Waals surface area contributed by atoms with Crippen molar-refractivity contribution in [1.29, 1.82) is 0 Å². The fraction of sp³-hybridized carbons (Fsp3) is 0.278. The number of ether oxygens (including phenoxy) is 1. The second kappa shape index (κ2) is 14.2. The molecule has 0 aliphatic carbocycles. The van der Waals surface area contributed by atoms with Crippen molar-refractivity contribution in [1.82, 2.24) is 4.90 Å². The average Bonchev–Trinajstić information content (AvgIpc) is 2.54. The molecule has 0 saturated carbocycles. The molecule has 2 N–H and O–H groups in total. The van der Waals surface area contributed by atoms with E-state index in [4.69, 9.17) is 14.5 Å². The molecule has 0 unspecified atom stereocenters. The molecular formula is C18H24K2NO5P. The molecule has 2 aromatic rings. The van der Waals surface area contributed by atoms with Crippen molar-refractivity contribution in [3.8, 4) is 11.5 Å². The third kappa shape index (κ3) is 11.8. The molecule has 0 spiro atoms. The van der Waals surface area contributed by atoms with E-state index in [9.17, 15) is 9.36 Å². The Morgan fingerprint density at radius 1 is 1.04 bits per heavy atom. The maximum atomic E-state index is 11.7. The standard InChI is InChI=1S/C18H22NO5P.2K.2H/c1-19(18(20)14-25(21,22)23)12-6-8-15-7-5-11-17(13-15)24-16-9-3-2-4-10-16;;;;/h2-5,7,9-11,13H,6,8,12,14H2,1H3,(H2,21,22,23);;;;. The van der Waals surface area contributed by atoms with Crippen LogP contribution in [0.4, 0.5) is 0 Å². The molecule has 0 aliphatic heterocycles. The predicted octanol–water partition coefficient (Wildman–Crippen LogP) is 1.75. The van der Waals surface area contributed by atoms with Crippen LogP contribution in [0.2, 0.25) is 0 Å². The summed E-state index contributed by atoms with van der Waals surface area (Å²) < 4.78 is 16.7. The van der Waals surface area contributed by atoms with Gasteiger partial charge in [-0.3, -0.25) is 9.36 Å². The summed E-state index contributed by atoms with van der Waals surface area (Å²) in [6.45, 7) is 0.433. The van der Waals surface area contributed by atoms with Crippen LogP contribution in [0.3, 0.4) is 0 Å². The zero-order valence-electron chi connectivity index (χ0n) is 14.0. The number of carbonyl (C=O) groups is 1. The van der Waals surface area contributed by atoms with Crippen LogP contribution >= 0.6 is 7.60 Å². The van der Waals surface area contributed by atoms with E-state index in [1.165, 1.54) is 4.90 Å². The van der Waals surface area contributed by atoms with E-state index in [0.29, 0.717) is 13.0 Å². The van der Waals surface area contributed by atoms with E-state index >= 15 is 0 Å². The van der Waals surface area contributed by atoms with E-state index in [2.05, 4.69) is 0 Å². The van der Waals surface area contributed by atoms with Crippen LogP contribution in [0.5, 0.6) is 11.5 Å². The third-order valence-corrected chi connectivity index (χ3v) is 4.29. The van der Waals surface area contributed by atoms with Gasteiger partial charge in [0.05, 0.1) is 0 Å². The monoisotopic (exact) mass is 443 g/mol. The van der Waals surface area contributed by atoms with Crippen molar-refractivity contribution in [3.05, 3.63) is 60.2 Å². The van der Waals surface area contributed by atoms with Gasteiger partial charge in [-0.2, -0.15) is 0 Å². The van der Waals surface area contributed by atoms with Gasteiger partial charge in [0.1, 0.15) is 17.7 Å². The van der Waals surface area contributed by atoms with Crippen molar-refractivity contribution in [2.45, 2.75) is 12.8 Å². The number of nitrogens with zero attached hydrogens (tertiary/aromatic N) is 1. The molecule has 2 rings (SSSR count). The zero-order chi connectivity index (χ0) is 18.3. The minimum absolute atomic E-state index is 0. The molecule has 27 heavy (non-hydrogen) atoms. The Balaban J connectivity index is 0.00000338. The Morgan fingerprint density at radius 3 is 2.30 bits per heavy atom. The van der Waals surface area contributed by atoms with Gasteiger partial charge in [0.2, 0.25) is 5.91 Å². The van der Waals surface area contributed by atoms with Gasteiger partial charge in [-0.05, 0) is 42.7 Å². The number of aryl methyl sites for hydroxylation is 1. The van der Waals surface area contributed by atoms with Gasteiger partial charge in [0.25, 0.3) is 0 Å². The Kier molecular flexibility index (Phi) is 14.8. The van der Waals surface area contributed by atoms with E-state index in [0.717, 1.165) is 23.5 Å². The number of hydrogen-bond acceptors (Lipinski definition) is 3. The van der Waals surface area contributed by atoms with Crippen LogP contribution in [-0.4, -0.2) is 143 Å². The molecule has 2 aromatic carbocycles. The SMILES string of the molecule is CN(CCCc1cccc(Oc2ccccc2)c1)C(=O)CP(=O)(O)O.[KH].[KH]. The minimum atomic E-state index is -4.31. The molecule has 9 heteroatoms. The first-order valence-electron chi connectivity index (χ1n) is 7.94. The van der Waals surface area contributed by atoms with Gasteiger partial charge in [0, 0.05) is 13.6 Å². The molecule has 138 valence electrons. The van der Waals surface area contributed by atoms with Gasteiger partial charge in [-0.15, -0.1) is 0 Å². The molecule has 6 nitrogen and oxygen atoms in total. The fourth-order valence-corrected chi connectivity index (χ4v) is 2.92. The summed E-state index contributed by atoms with van der Waals surface area (Å²) in [5.74, 6) is 0.964. The Labute approximate surface area is 245 Å². The first kappa shape index (κ1) is 28.1. The second-order valence-electron chi connectivity index (χ2n) is 5.80. The van der Waals surface area contributed by atoms with E-state index in [1.54, 1.807) is 7.05 Å². The molecule has 1 amide bonds. The molecule has 0 saturated heterocycles. The topological polar surface area (TPSA) is 87.1 Å². The predicted molar refractivity (Wildman–Crippen MR) is 110 cm³/mol. The van der Waals surface area contributed by atoms with Gasteiger partial charge in [0.15, 0.2) is 0 Å². The number of amides is 1. The Bertz CT molecular complexity index is 754. The molecule has 0 aliphatic rings. The number of para-hydroxylation sites is 1. The quantitative estimate of drug-likeness (QED) is 0.480. The first-order chi connectivity index (χ1) is 11.8. The van der Waals surface area contributed by atoms with Crippen LogP contribution in [0, 0.1) is 0 Å². The summed E-state index contributed by atoms with van der Waals surface area (Å²) in [7, 11) is -2.77. The molecule has 0 radical (unpaired) electrons. The van der Waals surface area contributed by atoms with Crippen molar-refractivity contribution in [2.24, 2.45) is 0 Å². The Hall–Kier alpha value is 1.13. The molecule has 0 fully saturated rings. The fourth-order valence-electron chi connectivity index (χ4n) is 2.33. The number of rotatable bonds is 8. The second-order valence-corrected chi connectivity index (χ2v) is 7.45. The number of carbonyl (C=O) groups excluding carboxylic acids is 1. The Morgan fingerprint density at radius 2 is 1.67 bits per heavy atom. The summed E-state index contributed by atoms with van der Waals surface area (Å²) in [6.07, 6.45) is 0.682. The van der Waals surface area contributed by atoms with Crippen LogP contribution < -0.4 is 4.74 Å². The summed E-state index contributed by atoms with van der Waals surface area (Å²) in [6, 6.07) is 17.2. The third-order valence-electron chi connectivity index (χ3n) is 3.60. The van der Waals surface area contributed by atoms with Gasteiger partial charge >= 0.3 is 110 Å². The van der Waals surface area contributed by atoms with E-state index in [1.807, 2.05) is 54.6 Å². The number of benzene rings is 2. The van der Waals surface area contributed by atoms with Gasteiger partial charge < -0.3 is 19.4 Å². The van der Waals surface area contributed by atoms with Crippen LogP contribution in [0.15, 0.2) is 54.6 Å². The van der Waals surface area contributed by atoms with E-state index in [-0.39, 0.29) is 103 Å². The summed E-state index contributed by atoms with van der Waals surface area (Å²) in [4.78, 5) is 30.7. The number of hydrogen-bond donors (Lipinski definition) is 2. The zero-order valence-corrected chi connectivity index (χ0v) is 14.9. The van der Waals surface area contributed by atoms with Crippen molar-refractivity contribution in [2.75, 3.05) is 19.8 Å². The normalized spacial score (nSPS) is 10.3. The van der Waals surface area contributed by atoms with Crippen molar-refractivity contribution in [3.63, 3.8) is 0 Å². The molecular weight excluding hydrogens is 419 g/mol. The van der Waals surface area contributed by atoms with Crippen molar-refractivity contribution < 1.29 is 23.9 Å². The maximum absolute atomic E-state index is 11.7. The van der Waals surface area contributed by atoms with E-state index < -0.39 is 19.7 Å². The first-order valence-corrected chi connectivity index (χ1v) is 9.73.